The van der Waals surface area contributed by atoms with Gasteiger partial charge in [-0.1, -0.05) is 12.1 Å². The molecule has 6 heteroatoms. The minimum atomic E-state index is -0.608. The number of anilines is 1. The van der Waals surface area contributed by atoms with E-state index >= 15 is 0 Å². The third-order valence-electron chi connectivity index (χ3n) is 3.04. The molecule has 3 rings (SSSR count). The smallest absolute Gasteiger partial charge is 0.346 e. The fourth-order valence-corrected chi connectivity index (χ4v) is 2.06. The molecule has 0 saturated carbocycles. The summed E-state index contributed by atoms with van der Waals surface area (Å²) in [6, 6.07) is 12.2. The minimum Gasteiger partial charge on any atom is -0.463 e. The van der Waals surface area contributed by atoms with Crippen molar-refractivity contribution in [3.63, 3.8) is 0 Å². The molecular weight excluding hydrogens is 282 g/mol. The molecular formula is C16H13N3O3. The number of carbonyl (C=O) groups excluding carboxylic acids is 1. The van der Waals surface area contributed by atoms with Gasteiger partial charge in [-0.05, 0) is 42.8 Å². The molecule has 0 spiro atoms. The van der Waals surface area contributed by atoms with Crippen molar-refractivity contribution in [2.24, 2.45) is 0 Å². The molecule has 0 saturated heterocycles. The average Bonchev–Trinajstić information content (AvgIpc) is 3.01. The van der Waals surface area contributed by atoms with Crippen LogP contribution in [0, 0.1) is 6.92 Å². The van der Waals surface area contributed by atoms with E-state index in [0.717, 1.165) is 5.56 Å². The van der Waals surface area contributed by atoms with Crippen molar-refractivity contribution in [1.82, 2.24) is 9.97 Å². The van der Waals surface area contributed by atoms with Crippen LogP contribution < -0.4 is 11.0 Å². The first-order chi connectivity index (χ1) is 10.6. The van der Waals surface area contributed by atoms with E-state index in [0.29, 0.717) is 17.1 Å². The highest BCUT2D eigenvalue weighted by atomic mass is 16.3. The fourth-order valence-electron chi connectivity index (χ4n) is 2.06. The van der Waals surface area contributed by atoms with Gasteiger partial charge in [0.15, 0.2) is 0 Å². The first-order valence-corrected chi connectivity index (χ1v) is 6.65. The highest BCUT2D eigenvalue weighted by Gasteiger charge is 2.12. The quantitative estimate of drug-likeness (QED) is 0.777. The summed E-state index contributed by atoms with van der Waals surface area (Å²) in [4.78, 5) is 30.1. The standard InChI is InChI=1S/C16H13N3O3/c1-10-4-2-5-11(8-10)17-15(20)13-9-12(18-16(21)19-13)14-6-3-7-22-14/h2-9H,1H3,(H,17,20)(H,18,19,21). The summed E-state index contributed by atoms with van der Waals surface area (Å²) in [6.07, 6.45) is 1.49. The molecule has 22 heavy (non-hydrogen) atoms. The Morgan fingerprint density at radius 1 is 1.23 bits per heavy atom. The predicted molar refractivity (Wildman–Crippen MR) is 81.7 cm³/mol. The van der Waals surface area contributed by atoms with Gasteiger partial charge in [0.1, 0.15) is 11.5 Å². The molecule has 110 valence electrons. The number of aryl methyl sites for hydroxylation is 1. The molecule has 0 aliphatic rings. The van der Waals surface area contributed by atoms with E-state index in [1.54, 1.807) is 18.2 Å². The number of furan rings is 1. The molecule has 2 aromatic heterocycles. The second-order valence-corrected chi connectivity index (χ2v) is 4.79. The molecule has 3 aromatic rings. The minimum absolute atomic E-state index is 0.0247. The van der Waals surface area contributed by atoms with Crippen molar-refractivity contribution in [3.05, 3.63) is 70.5 Å². The number of H-pyrrole nitrogens is 1. The molecule has 0 aliphatic carbocycles. The highest BCUT2D eigenvalue weighted by Crippen LogP contribution is 2.17. The lowest BCUT2D eigenvalue weighted by molar-refractivity contribution is 0.102. The lowest BCUT2D eigenvalue weighted by Gasteiger charge is -2.06. The number of hydrogen-bond donors (Lipinski definition) is 2. The summed E-state index contributed by atoms with van der Waals surface area (Å²) < 4.78 is 5.21. The number of aromatic amines is 1. The van der Waals surface area contributed by atoms with Gasteiger partial charge in [0.2, 0.25) is 0 Å². The van der Waals surface area contributed by atoms with Gasteiger partial charge in [0.05, 0.1) is 12.0 Å². The summed E-state index contributed by atoms with van der Waals surface area (Å²) in [6.45, 7) is 1.93. The lowest BCUT2D eigenvalue weighted by atomic mass is 10.2. The number of nitrogens with zero attached hydrogens (tertiary/aromatic N) is 1. The van der Waals surface area contributed by atoms with Crippen LogP contribution in [0.3, 0.4) is 0 Å². The van der Waals surface area contributed by atoms with Gasteiger partial charge >= 0.3 is 5.69 Å². The third-order valence-corrected chi connectivity index (χ3v) is 3.04. The van der Waals surface area contributed by atoms with E-state index in [2.05, 4.69) is 15.3 Å². The zero-order valence-electron chi connectivity index (χ0n) is 11.8. The molecule has 0 aliphatic heterocycles. The van der Waals surface area contributed by atoms with E-state index < -0.39 is 11.6 Å². The zero-order chi connectivity index (χ0) is 15.5. The summed E-state index contributed by atoms with van der Waals surface area (Å²) >= 11 is 0. The Morgan fingerprint density at radius 3 is 2.82 bits per heavy atom. The first kappa shape index (κ1) is 13.8. The maximum absolute atomic E-state index is 12.2. The lowest BCUT2D eigenvalue weighted by Crippen LogP contribution is -2.21. The Balaban J connectivity index is 1.91. The van der Waals surface area contributed by atoms with Crippen molar-refractivity contribution in [2.45, 2.75) is 6.92 Å². The van der Waals surface area contributed by atoms with Crippen LogP contribution in [0.5, 0.6) is 0 Å². The highest BCUT2D eigenvalue weighted by molar-refractivity contribution is 6.03. The summed E-state index contributed by atoms with van der Waals surface area (Å²) in [5.41, 5.74) is 1.49. The molecule has 0 unspecified atom stereocenters. The first-order valence-electron chi connectivity index (χ1n) is 6.65. The van der Waals surface area contributed by atoms with Crippen LogP contribution in [0.2, 0.25) is 0 Å². The van der Waals surface area contributed by atoms with E-state index in [1.165, 1.54) is 12.3 Å². The Hall–Kier alpha value is -3.15. The Kier molecular flexibility index (Phi) is 3.57. The number of rotatable bonds is 3. The van der Waals surface area contributed by atoms with Gasteiger partial charge in [-0.25, -0.2) is 4.79 Å². The van der Waals surface area contributed by atoms with Crippen LogP contribution in [0.15, 0.2) is 57.9 Å². The Bertz CT molecular complexity index is 866. The fraction of sp³-hybridized carbons (Fsp3) is 0.0625. The van der Waals surface area contributed by atoms with Crippen LogP contribution in [0.1, 0.15) is 16.1 Å². The second-order valence-electron chi connectivity index (χ2n) is 4.79. The van der Waals surface area contributed by atoms with Crippen molar-refractivity contribution in [1.29, 1.82) is 0 Å². The second kappa shape index (κ2) is 5.69. The van der Waals surface area contributed by atoms with E-state index in [-0.39, 0.29) is 5.69 Å². The number of amides is 1. The van der Waals surface area contributed by atoms with Gasteiger partial charge in [-0.2, -0.15) is 4.98 Å². The summed E-state index contributed by atoms with van der Waals surface area (Å²) in [5, 5.41) is 2.71. The van der Waals surface area contributed by atoms with Gasteiger partial charge in [-0.15, -0.1) is 0 Å². The molecule has 0 fully saturated rings. The van der Waals surface area contributed by atoms with Crippen molar-refractivity contribution < 1.29 is 9.21 Å². The molecule has 0 radical (unpaired) electrons. The Morgan fingerprint density at radius 2 is 2.09 bits per heavy atom. The van der Waals surface area contributed by atoms with E-state index in [1.807, 2.05) is 25.1 Å². The van der Waals surface area contributed by atoms with Gasteiger partial charge < -0.3 is 14.7 Å². The molecule has 0 bridgehead atoms. The van der Waals surface area contributed by atoms with Crippen molar-refractivity contribution in [2.75, 3.05) is 5.32 Å². The Labute approximate surface area is 125 Å². The maximum atomic E-state index is 12.2. The number of aromatic nitrogens is 2. The van der Waals surface area contributed by atoms with Gasteiger partial charge in [0, 0.05) is 5.69 Å². The van der Waals surface area contributed by atoms with Crippen LogP contribution in [-0.4, -0.2) is 15.9 Å². The van der Waals surface area contributed by atoms with Crippen molar-refractivity contribution in [3.8, 4) is 11.5 Å². The van der Waals surface area contributed by atoms with E-state index in [4.69, 9.17) is 4.42 Å². The van der Waals surface area contributed by atoms with Crippen LogP contribution in [0.25, 0.3) is 11.5 Å². The SMILES string of the molecule is Cc1cccc(NC(=O)c2cc(-c3ccco3)[nH]c(=O)n2)c1. The maximum Gasteiger partial charge on any atom is 0.346 e. The normalized spacial score (nSPS) is 10.4. The van der Waals surface area contributed by atoms with Gasteiger partial charge in [-0.3, -0.25) is 4.79 Å². The van der Waals surface area contributed by atoms with E-state index in [9.17, 15) is 9.59 Å². The zero-order valence-corrected chi connectivity index (χ0v) is 11.8. The molecule has 2 N–H and O–H groups in total. The monoisotopic (exact) mass is 295 g/mol. The third kappa shape index (κ3) is 2.95. The molecule has 6 nitrogen and oxygen atoms in total. The predicted octanol–water partition coefficient (Wildman–Crippen LogP) is 2.59. The van der Waals surface area contributed by atoms with Gasteiger partial charge in [0.25, 0.3) is 5.91 Å². The van der Waals surface area contributed by atoms with Crippen LogP contribution in [0.4, 0.5) is 5.69 Å². The summed E-state index contributed by atoms with van der Waals surface area (Å²) in [7, 11) is 0. The molecule has 1 aromatic carbocycles. The molecule has 1 amide bonds. The van der Waals surface area contributed by atoms with Crippen LogP contribution in [-0.2, 0) is 0 Å². The molecule has 2 heterocycles. The number of hydrogen-bond acceptors (Lipinski definition) is 4. The van der Waals surface area contributed by atoms with Crippen molar-refractivity contribution >= 4 is 11.6 Å². The molecule has 0 atom stereocenters. The number of benzene rings is 1. The van der Waals surface area contributed by atoms with Crippen LogP contribution >= 0.6 is 0 Å². The average molecular weight is 295 g/mol. The number of nitrogens with one attached hydrogen (secondary N) is 2. The number of carbonyl (C=O) groups is 1. The summed E-state index contributed by atoms with van der Waals surface area (Å²) in [5.74, 6) is 0.00797. The topological polar surface area (TPSA) is 88.0 Å². The largest absolute Gasteiger partial charge is 0.463 e.